The van der Waals surface area contributed by atoms with Gasteiger partial charge in [-0.1, -0.05) is 24.2 Å². The number of aromatic nitrogens is 1. The molecule has 29 heavy (non-hydrogen) atoms. The lowest BCUT2D eigenvalue weighted by Gasteiger charge is -2.26. The first kappa shape index (κ1) is 21.7. The Morgan fingerprint density at radius 3 is 2.34 bits per heavy atom. The van der Waals surface area contributed by atoms with Crippen LogP contribution in [0.25, 0.3) is 0 Å². The minimum atomic E-state index is -3.89. The molecule has 0 unspecified atom stereocenters. The lowest BCUT2D eigenvalue weighted by molar-refractivity contribution is 0.255. The van der Waals surface area contributed by atoms with Gasteiger partial charge in [-0.3, -0.25) is 10.2 Å². The predicted molar refractivity (Wildman–Crippen MR) is 111 cm³/mol. The summed E-state index contributed by atoms with van der Waals surface area (Å²) in [4.78, 5) is 18.5. The van der Waals surface area contributed by atoms with Crippen molar-refractivity contribution in [1.29, 1.82) is 0 Å². The fraction of sp³-hybridized carbons (Fsp3) is 0.412. The number of anilines is 2. The van der Waals surface area contributed by atoms with Gasteiger partial charge in [0.1, 0.15) is 0 Å². The fourth-order valence-corrected chi connectivity index (χ4v) is 5.31. The third-order valence-electron chi connectivity index (χ3n) is 4.72. The van der Waals surface area contributed by atoms with Crippen molar-refractivity contribution in [3.63, 3.8) is 0 Å². The molecule has 2 amide bonds. The Morgan fingerprint density at radius 2 is 1.83 bits per heavy atom. The number of carbonyl (C=O) groups excluding carboxylic acids is 1. The molecule has 0 bridgehead atoms. The Morgan fingerprint density at radius 1 is 1.21 bits per heavy atom. The Kier molecular flexibility index (Phi) is 6.27. The number of amides is 2. The molecule has 2 aromatic rings. The third kappa shape index (κ3) is 5.53. The summed E-state index contributed by atoms with van der Waals surface area (Å²) in [7, 11) is -7.24. The van der Waals surface area contributed by atoms with E-state index in [2.05, 4.69) is 10.3 Å². The highest BCUT2D eigenvalue weighted by Crippen LogP contribution is 2.29. The number of urea groups is 1. The molecule has 1 heterocycles. The summed E-state index contributed by atoms with van der Waals surface area (Å²) in [5.74, 6) is 0.339. The van der Waals surface area contributed by atoms with Crippen molar-refractivity contribution in [2.75, 3.05) is 23.0 Å². The van der Waals surface area contributed by atoms with Crippen LogP contribution in [-0.2, 0) is 19.9 Å². The molecule has 1 aliphatic carbocycles. The van der Waals surface area contributed by atoms with Crippen LogP contribution in [-0.4, -0.2) is 40.7 Å². The van der Waals surface area contributed by atoms with Crippen LogP contribution in [0, 0.1) is 5.92 Å². The molecule has 0 spiro atoms. The molecule has 1 aliphatic rings. The number of sulfone groups is 1. The normalized spacial score (nSPS) is 15.4. The third-order valence-corrected chi connectivity index (χ3v) is 8.17. The van der Waals surface area contributed by atoms with Crippen molar-refractivity contribution in [2.24, 2.45) is 11.1 Å². The summed E-state index contributed by atoms with van der Waals surface area (Å²) in [5, 5.41) is 7.80. The lowest BCUT2D eigenvalue weighted by atomic mass is 10.1. The smallest absolute Gasteiger partial charge is 0.294 e. The molecule has 9 nitrogen and oxygen atoms in total. The Hall–Kier alpha value is -2.02. The van der Waals surface area contributed by atoms with Crippen LogP contribution in [0.3, 0.4) is 0 Å². The van der Waals surface area contributed by atoms with Crippen molar-refractivity contribution >= 4 is 48.0 Å². The van der Waals surface area contributed by atoms with E-state index in [1.807, 2.05) is 0 Å². The summed E-state index contributed by atoms with van der Waals surface area (Å²) in [5.41, 5.74) is 0.546. The monoisotopic (exact) mass is 458 g/mol. The largest absolute Gasteiger partial charge is 0.328 e. The first-order chi connectivity index (χ1) is 13.5. The van der Waals surface area contributed by atoms with Gasteiger partial charge in [-0.2, -0.15) is 0 Å². The highest BCUT2D eigenvalue weighted by molar-refractivity contribution is 7.91. The van der Waals surface area contributed by atoms with Gasteiger partial charge < -0.3 is 0 Å². The minimum absolute atomic E-state index is 0.114. The maximum absolute atomic E-state index is 12.9. The van der Waals surface area contributed by atoms with Gasteiger partial charge in [0.25, 0.3) is 0 Å². The number of thiazole rings is 1. The fourth-order valence-electron chi connectivity index (χ4n) is 3.24. The summed E-state index contributed by atoms with van der Waals surface area (Å²) >= 11 is 0.767. The van der Waals surface area contributed by atoms with E-state index in [0.29, 0.717) is 18.2 Å². The number of carbonyl (C=O) groups is 1. The van der Waals surface area contributed by atoms with Gasteiger partial charge in [0.15, 0.2) is 19.2 Å². The molecule has 0 aliphatic heterocycles. The van der Waals surface area contributed by atoms with E-state index >= 15 is 0 Å². The second-order valence-corrected chi connectivity index (χ2v) is 11.8. The van der Waals surface area contributed by atoms with Gasteiger partial charge in [-0.05, 0) is 43.0 Å². The standard InChI is InChI=1S/C17H22N4O5S3/c1-28(23,24)14-8-6-13(7-9-14)21(11-12-4-2-3-5-12)17(22)20-16-19-10-15(27-16)29(18,25)26/h6-10,12H,2-5,11H2,1H3,(H2,18,25,26)(H,19,20,22). The molecular weight excluding hydrogens is 436 g/mol. The molecule has 1 aromatic heterocycles. The van der Waals surface area contributed by atoms with Gasteiger partial charge >= 0.3 is 6.03 Å². The molecular formula is C17H22N4O5S3. The van der Waals surface area contributed by atoms with Gasteiger partial charge in [0.2, 0.25) is 10.0 Å². The first-order valence-electron chi connectivity index (χ1n) is 8.91. The number of nitrogens with two attached hydrogens (primary N) is 1. The number of nitrogens with one attached hydrogen (secondary N) is 1. The molecule has 0 atom stereocenters. The minimum Gasteiger partial charge on any atom is -0.294 e. The zero-order valence-electron chi connectivity index (χ0n) is 15.7. The van der Waals surface area contributed by atoms with Crippen LogP contribution in [0.4, 0.5) is 15.6 Å². The lowest BCUT2D eigenvalue weighted by Crippen LogP contribution is -2.38. The molecule has 1 fully saturated rings. The van der Waals surface area contributed by atoms with Crippen LogP contribution in [0.5, 0.6) is 0 Å². The average Bonchev–Trinajstić information content (AvgIpc) is 3.30. The molecule has 158 valence electrons. The quantitative estimate of drug-likeness (QED) is 0.681. The van der Waals surface area contributed by atoms with Gasteiger partial charge in [0, 0.05) is 18.5 Å². The van der Waals surface area contributed by atoms with Gasteiger partial charge in [-0.25, -0.2) is 31.8 Å². The number of hydrogen-bond donors (Lipinski definition) is 2. The predicted octanol–water partition coefficient (Wildman–Crippen LogP) is 2.42. The van der Waals surface area contributed by atoms with Crippen LogP contribution in [0.2, 0.25) is 0 Å². The summed E-state index contributed by atoms with van der Waals surface area (Å²) in [6.45, 7) is 0.470. The summed E-state index contributed by atoms with van der Waals surface area (Å²) < 4.78 is 46.1. The Balaban J connectivity index is 1.84. The molecule has 3 N–H and O–H groups in total. The number of primary sulfonamides is 1. The average molecular weight is 459 g/mol. The van der Waals surface area contributed by atoms with E-state index in [1.165, 1.54) is 17.0 Å². The molecule has 12 heteroatoms. The molecule has 3 rings (SSSR count). The number of benzene rings is 1. The maximum atomic E-state index is 12.9. The topological polar surface area (TPSA) is 140 Å². The van der Waals surface area contributed by atoms with Crippen LogP contribution in [0.1, 0.15) is 25.7 Å². The first-order valence-corrected chi connectivity index (χ1v) is 13.2. The van der Waals surface area contributed by atoms with E-state index < -0.39 is 25.9 Å². The SMILES string of the molecule is CS(=O)(=O)c1ccc(N(CC2CCCC2)C(=O)Nc2ncc(S(N)(=O)=O)s2)cc1. The van der Waals surface area contributed by atoms with Crippen molar-refractivity contribution in [2.45, 2.75) is 34.8 Å². The van der Waals surface area contributed by atoms with Crippen LogP contribution >= 0.6 is 11.3 Å². The summed E-state index contributed by atoms with van der Waals surface area (Å²) in [6.07, 6.45) is 6.46. The van der Waals surface area contributed by atoms with Crippen molar-refractivity contribution in [3.8, 4) is 0 Å². The number of nitrogens with zero attached hydrogens (tertiary/aromatic N) is 2. The second-order valence-electron chi connectivity index (χ2n) is 6.99. The highest BCUT2D eigenvalue weighted by atomic mass is 32.2. The summed E-state index contributed by atoms with van der Waals surface area (Å²) in [6, 6.07) is 5.62. The Bertz CT molecular complexity index is 1090. The molecule has 1 aromatic carbocycles. The zero-order chi connectivity index (χ0) is 21.2. The number of sulfonamides is 1. The van der Waals surface area contributed by atoms with E-state index in [1.54, 1.807) is 12.1 Å². The van der Waals surface area contributed by atoms with E-state index in [-0.39, 0.29) is 14.2 Å². The number of hydrogen-bond acceptors (Lipinski definition) is 7. The Labute approximate surface area is 173 Å². The van der Waals surface area contributed by atoms with E-state index in [4.69, 9.17) is 5.14 Å². The van der Waals surface area contributed by atoms with Gasteiger partial charge in [0.05, 0.1) is 11.1 Å². The van der Waals surface area contributed by atoms with Crippen molar-refractivity contribution < 1.29 is 21.6 Å². The number of rotatable bonds is 6. The van der Waals surface area contributed by atoms with Crippen molar-refractivity contribution in [3.05, 3.63) is 30.5 Å². The molecule has 0 radical (unpaired) electrons. The van der Waals surface area contributed by atoms with Crippen molar-refractivity contribution in [1.82, 2.24) is 4.98 Å². The van der Waals surface area contributed by atoms with E-state index in [0.717, 1.165) is 49.5 Å². The van der Waals surface area contributed by atoms with Crippen LogP contribution < -0.4 is 15.4 Å². The highest BCUT2D eigenvalue weighted by Gasteiger charge is 2.25. The molecule has 1 saturated carbocycles. The molecule has 0 saturated heterocycles. The van der Waals surface area contributed by atoms with E-state index in [9.17, 15) is 21.6 Å². The zero-order valence-corrected chi connectivity index (χ0v) is 18.2. The second kappa shape index (κ2) is 8.38. The van der Waals surface area contributed by atoms with Gasteiger partial charge in [-0.15, -0.1) is 0 Å². The maximum Gasteiger partial charge on any atom is 0.328 e. The van der Waals surface area contributed by atoms with Crippen LogP contribution in [0.15, 0.2) is 39.6 Å².